The van der Waals surface area contributed by atoms with E-state index >= 15 is 0 Å². The van der Waals surface area contributed by atoms with Gasteiger partial charge in [-0.1, -0.05) is 29.3 Å². The largest absolute Gasteiger partial charge is 0.507 e. The van der Waals surface area contributed by atoms with Crippen molar-refractivity contribution < 1.29 is 24.2 Å². The second-order valence-electron chi connectivity index (χ2n) is 7.89. The van der Waals surface area contributed by atoms with Crippen LogP contribution in [0.3, 0.4) is 0 Å². The number of aromatic nitrogens is 2. The molecule has 3 heterocycles. The molecule has 1 aromatic heterocycles. The van der Waals surface area contributed by atoms with Crippen molar-refractivity contribution in [2.45, 2.75) is 19.0 Å². The maximum Gasteiger partial charge on any atom is 0.295 e. The molecule has 34 heavy (non-hydrogen) atoms. The summed E-state index contributed by atoms with van der Waals surface area (Å²) in [7, 11) is 0. The average Bonchev–Trinajstić information content (AvgIpc) is 3.57. The number of carbonyl (C=O) groups excluding carboxylic acids is 2. The maximum absolute atomic E-state index is 13.2. The smallest absolute Gasteiger partial charge is 0.295 e. The van der Waals surface area contributed by atoms with E-state index in [9.17, 15) is 14.7 Å². The predicted octanol–water partition coefficient (Wildman–Crippen LogP) is 4.43. The molecule has 2 aliphatic heterocycles. The number of nitrogens with zero attached hydrogens (tertiary/aromatic N) is 3. The first-order valence-electron chi connectivity index (χ1n) is 10.5. The van der Waals surface area contributed by atoms with Crippen LogP contribution in [0.25, 0.3) is 5.76 Å². The Morgan fingerprint density at radius 1 is 1.06 bits per heavy atom. The number of aliphatic hydroxyl groups is 1. The molecule has 1 fully saturated rings. The van der Waals surface area contributed by atoms with Gasteiger partial charge in [-0.3, -0.25) is 9.59 Å². The zero-order valence-corrected chi connectivity index (χ0v) is 19.3. The zero-order chi connectivity index (χ0) is 23.8. The molecule has 174 valence electrons. The molecule has 1 atom stereocenters. The van der Waals surface area contributed by atoms with Gasteiger partial charge in [0.15, 0.2) is 11.5 Å². The number of hydrogen-bond acceptors (Lipinski definition) is 6. The van der Waals surface area contributed by atoms with Crippen LogP contribution in [0.1, 0.15) is 23.6 Å². The fraction of sp³-hybridized carbons (Fsp3) is 0.208. The van der Waals surface area contributed by atoms with Gasteiger partial charge in [-0.2, -0.15) is 0 Å². The lowest BCUT2D eigenvalue weighted by molar-refractivity contribution is -0.139. The number of carbonyl (C=O) groups is 2. The molecule has 0 bridgehead atoms. The fourth-order valence-corrected chi connectivity index (χ4v) is 4.49. The summed E-state index contributed by atoms with van der Waals surface area (Å²) >= 11 is 12.3. The molecule has 1 amide bonds. The monoisotopic (exact) mass is 499 g/mol. The molecule has 2 aliphatic rings. The lowest BCUT2D eigenvalue weighted by atomic mass is 9.95. The van der Waals surface area contributed by atoms with E-state index < -0.39 is 17.7 Å². The molecule has 0 aliphatic carbocycles. The number of rotatable bonds is 6. The summed E-state index contributed by atoms with van der Waals surface area (Å²) in [6.07, 6.45) is 5.76. The number of benzene rings is 2. The third-order valence-electron chi connectivity index (χ3n) is 5.82. The lowest BCUT2D eigenvalue weighted by Crippen LogP contribution is -2.31. The lowest BCUT2D eigenvalue weighted by Gasteiger charge is -2.25. The van der Waals surface area contributed by atoms with Gasteiger partial charge >= 0.3 is 0 Å². The number of imidazole rings is 1. The van der Waals surface area contributed by atoms with E-state index in [4.69, 9.17) is 32.7 Å². The highest BCUT2D eigenvalue weighted by molar-refractivity contribution is 6.46. The number of halogens is 2. The highest BCUT2D eigenvalue weighted by atomic mass is 35.5. The number of ketones is 1. The zero-order valence-electron chi connectivity index (χ0n) is 17.8. The maximum atomic E-state index is 13.2. The highest BCUT2D eigenvalue weighted by Gasteiger charge is 2.46. The summed E-state index contributed by atoms with van der Waals surface area (Å²) in [5, 5.41) is 11.8. The van der Waals surface area contributed by atoms with Gasteiger partial charge in [0.2, 0.25) is 6.79 Å². The van der Waals surface area contributed by atoms with Crippen LogP contribution >= 0.6 is 23.2 Å². The Labute approximate surface area is 204 Å². The molecular weight excluding hydrogens is 481 g/mol. The van der Waals surface area contributed by atoms with Crippen molar-refractivity contribution >= 4 is 40.7 Å². The molecule has 0 saturated carbocycles. The number of fused-ring (bicyclic) bond motifs is 1. The van der Waals surface area contributed by atoms with Gasteiger partial charge in [0.25, 0.3) is 11.7 Å². The van der Waals surface area contributed by atoms with Crippen LogP contribution in [0, 0.1) is 0 Å². The van der Waals surface area contributed by atoms with E-state index in [-0.39, 0.29) is 29.7 Å². The van der Waals surface area contributed by atoms with E-state index in [0.29, 0.717) is 40.6 Å². The molecule has 1 saturated heterocycles. The first-order valence-corrected chi connectivity index (χ1v) is 11.3. The molecule has 0 spiro atoms. The number of hydrogen-bond donors (Lipinski definition) is 1. The second kappa shape index (κ2) is 9.04. The Morgan fingerprint density at radius 2 is 1.88 bits per heavy atom. The molecule has 0 radical (unpaired) electrons. The Hall–Kier alpha value is -3.49. The Morgan fingerprint density at radius 3 is 2.65 bits per heavy atom. The van der Waals surface area contributed by atoms with Crippen molar-refractivity contribution in [2.24, 2.45) is 0 Å². The van der Waals surface area contributed by atoms with Gasteiger partial charge in [0, 0.05) is 31.0 Å². The van der Waals surface area contributed by atoms with Gasteiger partial charge < -0.3 is 24.0 Å². The van der Waals surface area contributed by atoms with Crippen molar-refractivity contribution in [2.75, 3.05) is 13.3 Å². The van der Waals surface area contributed by atoms with Crippen LogP contribution in [-0.2, 0) is 16.1 Å². The SMILES string of the molecule is O=C1C(=O)N(CCCn2ccnc2)C(c2ccc(Cl)c(Cl)c2)/C1=C(\O)c1ccc2c(c1)OCO2. The number of amides is 1. The molecule has 5 rings (SSSR count). The van der Waals surface area contributed by atoms with Gasteiger partial charge in [-0.05, 0) is 42.3 Å². The van der Waals surface area contributed by atoms with Gasteiger partial charge in [-0.25, -0.2) is 4.98 Å². The normalized spacial score (nSPS) is 18.6. The van der Waals surface area contributed by atoms with Crippen LogP contribution in [-0.4, -0.2) is 44.6 Å². The van der Waals surface area contributed by atoms with Gasteiger partial charge in [0.05, 0.1) is 28.0 Å². The van der Waals surface area contributed by atoms with Crippen LogP contribution < -0.4 is 9.47 Å². The highest BCUT2D eigenvalue weighted by Crippen LogP contribution is 2.42. The predicted molar refractivity (Wildman–Crippen MR) is 125 cm³/mol. The number of ether oxygens (including phenoxy) is 2. The minimum Gasteiger partial charge on any atom is -0.507 e. The minimum atomic E-state index is -0.831. The first kappa shape index (κ1) is 22.3. The van der Waals surface area contributed by atoms with Gasteiger partial charge in [-0.15, -0.1) is 0 Å². The quantitative estimate of drug-likeness (QED) is 0.306. The van der Waals surface area contributed by atoms with Crippen molar-refractivity contribution in [1.29, 1.82) is 0 Å². The summed E-state index contributed by atoms with van der Waals surface area (Å²) in [6.45, 7) is 0.967. The average molecular weight is 500 g/mol. The number of aliphatic hydroxyl groups excluding tert-OH is 1. The Kier molecular flexibility index (Phi) is 5.93. The Bertz CT molecular complexity index is 1310. The molecule has 3 aromatic rings. The summed E-state index contributed by atoms with van der Waals surface area (Å²) < 4.78 is 12.6. The summed E-state index contributed by atoms with van der Waals surface area (Å²) in [5.74, 6) is -0.773. The topological polar surface area (TPSA) is 93.9 Å². The summed E-state index contributed by atoms with van der Waals surface area (Å²) in [6, 6.07) is 8.91. The second-order valence-corrected chi connectivity index (χ2v) is 8.70. The Balaban J connectivity index is 1.55. The van der Waals surface area contributed by atoms with E-state index in [1.807, 2.05) is 10.8 Å². The third-order valence-corrected chi connectivity index (χ3v) is 6.56. The van der Waals surface area contributed by atoms with E-state index in [0.717, 1.165) is 0 Å². The summed E-state index contributed by atoms with van der Waals surface area (Å²) in [5.41, 5.74) is 0.883. The van der Waals surface area contributed by atoms with E-state index in [1.54, 1.807) is 48.9 Å². The molecular formula is C24H19Cl2N3O5. The van der Waals surface area contributed by atoms with Crippen LogP contribution in [0.4, 0.5) is 0 Å². The van der Waals surface area contributed by atoms with E-state index in [2.05, 4.69) is 4.98 Å². The fourth-order valence-electron chi connectivity index (χ4n) is 4.18. The molecule has 1 N–H and O–H groups in total. The third kappa shape index (κ3) is 3.99. The molecule has 8 nitrogen and oxygen atoms in total. The van der Waals surface area contributed by atoms with Gasteiger partial charge in [0.1, 0.15) is 5.76 Å². The van der Waals surface area contributed by atoms with Crippen molar-refractivity contribution in [3.8, 4) is 11.5 Å². The standard InChI is InChI=1S/C24H19Cl2N3O5/c25-16-4-2-14(10-17(16)26)21-20(22(30)15-3-5-18-19(11-15)34-13-33-18)23(31)24(32)29(21)8-1-7-28-9-6-27-12-28/h2-6,9-12,21,30H,1,7-8,13H2/b22-20+. The molecule has 10 heteroatoms. The van der Waals surface area contributed by atoms with E-state index in [1.165, 1.54) is 4.90 Å². The van der Waals surface area contributed by atoms with Crippen molar-refractivity contribution in [3.05, 3.63) is 81.9 Å². The summed E-state index contributed by atoms with van der Waals surface area (Å²) in [4.78, 5) is 31.7. The number of aryl methyl sites for hydroxylation is 1. The molecule has 2 aromatic carbocycles. The molecule has 1 unspecified atom stereocenters. The minimum absolute atomic E-state index is 0.0233. The number of Topliss-reactive ketones (excluding diaryl/α,β-unsaturated/α-hetero) is 1. The van der Waals surface area contributed by atoms with Crippen molar-refractivity contribution in [3.63, 3.8) is 0 Å². The van der Waals surface area contributed by atoms with Crippen LogP contribution in [0.5, 0.6) is 11.5 Å². The van der Waals surface area contributed by atoms with Crippen molar-refractivity contribution in [1.82, 2.24) is 14.5 Å². The first-order chi connectivity index (χ1) is 16.4. The van der Waals surface area contributed by atoms with Crippen LogP contribution in [0.15, 0.2) is 60.7 Å². The van der Waals surface area contributed by atoms with Crippen LogP contribution in [0.2, 0.25) is 10.0 Å². The number of likely N-dealkylation sites (tertiary alicyclic amines) is 1.